The summed E-state index contributed by atoms with van der Waals surface area (Å²) in [6.45, 7) is 3.42. The standard InChI is InChI=1S/C15H20ClN3/c1-15(6-3-2-4-7-15)11-19-13-5-8-17-10-12(13)18-14(19)9-16/h5,8,10H,2-4,6-7,9,11H2,1H3. The molecule has 1 fully saturated rings. The molecule has 0 atom stereocenters. The zero-order chi connectivity index (χ0) is 13.3. The zero-order valence-electron chi connectivity index (χ0n) is 11.4. The van der Waals surface area contributed by atoms with Gasteiger partial charge in [-0.1, -0.05) is 26.2 Å². The maximum Gasteiger partial charge on any atom is 0.124 e. The molecule has 4 heteroatoms. The van der Waals surface area contributed by atoms with Crippen molar-refractivity contribution in [3.05, 3.63) is 24.3 Å². The number of hydrogen-bond acceptors (Lipinski definition) is 2. The maximum atomic E-state index is 6.06. The fourth-order valence-corrected chi connectivity index (χ4v) is 3.46. The van der Waals surface area contributed by atoms with E-state index in [1.54, 1.807) is 0 Å². The molecule has 3 nitrogen and oxygen atoms in total. The first-order valence-electron chi connectivity index (χ1n) is 7.07. The van der Waals surface area contributed by atoms with Gasteiger partial charge in [0.15, 0.2) is 0 Å². The first kappa shape index (κ1) is 12.9. The van der Waals surface area contributed by atoms with Crippen molar-refractivity contribution in [2.24, 2.45) is 5.41 Å². The van der Waals surface area contributed by atoms with Crippen molar-refractivity contribution in [1.29, 1.82) is 0 Å². The third kappa shape index (κ3) is 2.48. The first-order valence-corrected chi connectivity index (χ1v) is 7.60. The van der Waals surface area contributed by atoms with E-state index in [9.17, 15) is 0 Å². The summed E-state index contributed by atoms with van der Waals surface area (Å²) in [5.41, 5.74) is 2.51. The van der Waals surface area contributed by atoms with Gasteiger partial charge in [-0.2, -0.15) is 0 Å². The summed E-state index contributed by atoms with van der Waals surface area (Å²) in [6.07, 6.45) is 10.3. The van der Waals surface area contributed by atoms with E-state index in [4.69, 9.17) is 11.6 Å². The van der Waals surface area contributed by atoms with Gasteiger partial charge in [0.2, 0.25) is 0 Å². The van der Waals surface area contributed by atoms with E-state index in [0.29, 0.717) is 11.3 Å². The molecule has 2 aromatic heterocycles. The van der Waals surface area contributed by atoms with Crippen LogP contribution in [0.4, 0.5) is 0 Å². The Hall–Kier alpha value is -1.09. The van der Waals surface area contributed by atoms with E-state index in [1.807, 2.05) is 18.5 Å². The summed E-state index contributed by atoms with van der Waals surface area (Å²) < 4.78 is 2.30. The molecule has 0 aliphatic heterocycles. The van der Waals surface area contributed by atoms with E-state index in [0.717, 1.165) is 23.4 Å². The van der Waals surface area contributed by atoms with Crippen molar-refractivity contribution in [3.8, 4) is 0 Å². The highest BCUT2D eigenvalue weighted by Crippen LogP contribution is 2.38. The maximum absolute atomic E-state index is 6.06. The van der Waals surface area contributed by atoms with Crippen molar-refractivity contribution in [3.63, 3.8) is 0 Å². The number of hydrogen-bond donors (Lipinski definition) is 0. The van der Waals surface area contributed by atoms with Crippen LogP contribution in [-0.4, -0.2) is 14.5 Å². The Morgan fingerprint density at radius 1 is 1.32 bits per heavy atom. The van der Waals surface area contributed by atoms with Gasteiger partial charge in [0.1, 0.15) is 11.3 Å². The van der Waals surface area contributed by atoms with Crippen molar-refractivity contribution in [2.75, 3.05) is 0 Å². The molecule has 19 heavy (non-hydrogen) atoms. The lowest BCUT2D eigenvalue weighted by atomic mass is 9.75. The SMILES string of the molecule is CC1(Cn2c(CCl)nc3cnccc32)CCCCC1. The number of imidazole rings is 1. The molecule has 102 valence electrons. The number of aromatic nitrogens is 3. The van der Waals surface area contributed by atoms with Crippen molar-refractivity contribution in [1.82, 2.24) is 14.5 Å². The zero-order valence-corrected chi connectivity index (χ0v) is 12.2. The van der Waals surface area contributed by atoms with Crippen molar-refractivity contribution >= 4 is 22.6 Å². The summed E-state index contributed by atoms with van der Waals surface area (Å²) in [5.74, 6) is 1.43. The molecule has 0 aromatic carbocycles. The predicted octanol–water partition coefficient (Wildman–Crippen LogP) is 4.14. The molecular formula is C15H20ClN3. The summed E-state index contributed by atoms with van der Waals surface area (Å²) in [5, 5.41) is 0. The lowest BCUT2D eigenvalue weighted by Gasteiger charge is -2.34. The summed E-state index contributed by atoms with van der Waals surface area (Å²) in [4.78, 5) is 8.74. The molecule has 1 aliphatic carbocycles. The third-order valence-corrected chi connectivity index (χ3v) is 4.59. The lowest BCUT2D eigenvalue weighted by molar-refractivity contribution is 0.184. The Bertz CT molecular complexity index is 570. The van der Waals surface area contributed by atoms with E-state index in [1.165, 1.54) is 32.1 Å². The minimum absolute atomic E-state index is 0.385. The Labute approximate surface area is 119 Å². The van der Waals surface area contributed by atoms with Crippen LogP contribution in [0.25, 0.3) is 11.0 Å². The van der Waals surface area contributed by atoms with Crippen LogP contribution >= 0.6 is 11.6 Å². The largest absolute Gasteiger partial charge is 0.326 e. The van der Waals surface area contributed by atoms with E-state index in [2.05, 4.69) is 21.5 Å². The van der Waals surface area contributed by atoms with Crippen LogP contribution in [0.2, 0.25) is 0 Å². The lowest BCUT2D eigenvalue weighted by Crippen LogP contribution is -2.26. The number of halogens is 1. The molecule has 0 amide bonds. The molecule has 0 saturated heterocycles. The minimum atomic E-state index is 0.385. The van der Waals surface area contributed by atoms with Gasteiger partial charge in [-0.3, -0.25) is 4.98 Å². The second-order valence-corrected chi connectivity index (χ2v) is 6.25. The molecule has 3 rings (SSSR count). The highest BCUT2D eigenvalue weighted by molar-refractivity contribution is 6.16. The van der Waals surface area contributed by atoms with Crippen LogP contribution in [0, 0.1) is 5.41 Å². The second kappa shape index (κ2) is 5.12. The first-order chi connectivity index (χ1) is 9.22. The Morgan fingerprint density at radius 3 is 2.84 bits per heavy atom. The van der Waals surface area contributed by atoms with Crippen LogP contribution in [-0.2, 0) is 12.4 Å². The van der Waals surface area contributed by atoms with Gasteiger partial charge < -0.3 is 4.57 Å². The number of pyridine rings is 1. The fraction of sp³-hybridized carbons (Fsp3) is 0.600. The van der Waals surface area contributed by atoms with Crippen LogP contribution in [0.1, 0.15) is 44.9 Å². The van der Waals surface area contributed by atoms with Gasteiger partial charge in [-0.05, 0) is 24.3 Å². The molecule has 0 spiro atoms. The molecular weight excluding hydrogens is 258 g/mol. The number of fused-ring (bicyclic) bond motifs is 1. The quantitative estimate of drug-likeness (QED) is 0.790. The van der Waals surface area contributed by atoms with Gasteiger partial charge in [0.25, 0.3) is 0 Å². The van der Waals surface area contributed by atoms with Gasteiger partial charge in [0.05, 0.1) is 17.6 Å². The second-order valence-electron chi connectivity index (χ2n) is 5.98. The average Bonchev–Trinajstić information content (AvgIpc) is 2.77. The average molecular weight is 278 g/mol. The van der Waals surface area contributed by atoms with Crippen LogP contribution in [0.3, 0.4) is 0 Å². The number of nitrogens with zero attached hydrogens (tertiary/aromatic N) is 3. The minimum Gasteiger partial charge on any atom is -0.326 e. The fourth-order valence-electron chi connectivity index (χ4n) is 3.26. The Balaban J connectivity index is 1.99. The summed E-state index contributed by atoms with van der Waals surface area (Å²) in [7, 11) is 0. The topological polar surface area (TPSA) is 30.7 Å². The van der Waals surface area contributed by atoms with Crippen molar-refractivity contribution in [2.45, 2.75) is 51.5 Å². The third-order valence-electron chi connectivity index (χ3n) is 4.35. The predicted molar refractivity (Wildman–Crippen MR) is 78.3 cm³/mol. The highest BCUT2D eigenvalue weighted by Gasteiger charge is 2.28. The molecule has 0 unspecified atom stereocenters. The Morgan fingerprint density at radius 2 is 2.11 bits per heavy atom. The molecule has 1 saturated carbocycles. The van der Waals surface area contributed by atoms with Gasteiger partial charge in [-0.25, -0.2) is 4.98 Å². The van der Waals surface area contributed by atoms with Crippen LogP contribution < -0.4 is 0 Å². The molecule has 2 heterocycles. The molecule has 0 bridgehead atoms. The number of alkyl halides is 1. The Kier molecular flexibility index (Phi) is 3.48. The molecule has 0 N–H and O–H groups in total. The van der Waals surface area contributed by atoms with Gasteiger partial charge in [-0.15, -0.1) is 11.6 Å². The van der Waals surface area contributed by atoms with Crippen molar-refractivity contribution < 1.29 is 0 Å². The molecule has 0 radical (unpaired) electrons. The molecule has 2 aromatic rings. The van der Waals surface area contributed by atoms with Gasteiger partial charge in [0, 0.05) is 12.7 Å². The summed E-state index contributed by atoms with van der Waals surface area (Å²) >= 11 is 6.06. The van der Waals surface area contributed by atoms with E-state index < -0.39 is 0 Å². The molecule has 1 aliphatic rings. The normalized spacial score (nSPS) is 18.8. The summed E-state index contributed by atoms with van der Waals surface area (Å²) in [6, 6.07) is 2.05. The van der Waals surface area contributed by atoms with Crippen LogP contribution in [0.15, 0.2) is 18.5 Å². The van der Waals surface area contributed by atoms with E-state index >= 15 is 0 Å². The number of rotatable bonds is 3. The smallest absolute Gasteiger partial charge is 0.124 e. The highest BCUT2D eigenvalue weighted by atomic mass is 35.5. The monoisotopic (exact) mass is 277 g/mol. The van der Waals surface area contributed by atoms with Crippen LogP contribution in [0.5, 0.6) is 0 Å². The van der Waals surface area contributed by atoms with E-state index in [-0.39, 0.29) is 0 Å². The van der Waals surface area contributed by atoms with Gasteiger partial charge >= 0.3 is 0 Å².